The summed E-state index contributed by atoms with van der Waals surface area (Å²) in [6.07, 6.45) is 1.78. The molecule has 0 aliphatic heterocycles. The Morgan fingerprint density at radius 1 is 1.26 bits per heavy atom. The molecule has 23 heavy (non-hydrogen) atoms. The van der Waals surface area contributed by atoms with E-state index in [4.69, 9.17) is 4.74 Å². The fourth-order valence-corrected chi connectivity index (χ4v) is 2.48. The molecule has 0 fully saturated rings. The largest absolute Gasteiger partial charge is 0.497 e. The molecule has 0 aliphatic carbocycles. The summed E-state index contributed by atoms with van der Waals surface area (Å²) >= 11 is 0. The number of hydrogen-bond donors (Lipinski definition) is 1. The van der Waals surface area contributed by atoms with Crippen LogP contribution in [0.25, 0.3) is 10.9 Å². The van der Waals surface area contributed by atoms with Crippen molar-refractivity contribution in [2.75, 3.05) is 7.11 Å². The number of methoxy groups -OCH3 is 1. The number of carbonyl (C=O) groups excluding carboxylic acids is 1. The molecule has 1 amide bonds. The van der Waals surface area contributed by atoms with Gasteiger partial charge in [-0.2, -0.15) is 5.10 Å². The summed E-state index contributed by atoms with van der Waals surface area (Å²) in [7, 11) is 1.63. The van der Waals surface area contributed by atoms with Gasteiger partial charge in [0.25, 0.3) is 0 Å². The van der Waals surface area contributed by atoms with E-state index in [1.807, 2.05) is 49.4 Å². The SMILES string of the molecule is COc1cccc(CNC(=O)Cn2ncc3ccc(C)cc32)c1. The van der Waals surface area contributed by atoms with Crippen LogP contribution < -0.4 is 10.1 Å². The first-order chi connectivity index (χ1) is 11.2. The summed E-state index contributed by atoms with van der Waals surface area (Å²) in [5.74, 6) is 0.713. The summed E-state index contributed by atoms with van der Waals surface area (Å²) in [5, 5.41) is 8.25. The van der Waals surface area contributed by atoms with Gasteiger partial charge in [-0.25, -0.2) is 0 Å². The van der Waals surface area contributed by atoms with E-state index in [9.17, 15) is 4.79 Å². The minimum absolute atomic E-state index is 0.0701. The summed E-state index contributed by atoms with van der Waals surface area (Å²) in [4.78, 5) is 12.2. The van der Waals surface area contributed by atoms with Crippen LogP contribution in [0.15, 0.2) is 48.7 Å². The number of nitrogens with one attached hydrogen (secondary N) is 1. The van der Waals surface area contributed by atoms with Gasteiger partial charge < -0.3 is 10.1 Å². The smallest absolute Gasteiger partial charge is 0.242 e. The number of amides is 1. The molecule has 0 atom stereocenters. The molecule has 2 aromatic carbocycles. The van der Waals surface area contributed by atoms with Crippen LogP contribution in [0.1, 0.15) is 11.1 Å². The maximum Gasteiger partial charge on any atom is 0.242 e. The molecule has 0 radical (unpaired) electrons. The van der Waals surface area contributed by atoms with Crippen molar-refractivity contribution in [3.8, 4) is 5.75 Å². The Balaban J connectivity index is 1.65. The van der Waals surface area contributed by atoms with Crippen LogP contribution in [0.2, 0.25) is 0 Å². The molecule has 5 nitrogen and oxygen atoms in total. The number of ether oxygens (including phenoxy) is 1. The Labute approximate surface area is 134 Å². The zero-order valence-electron chi connectivity index (χ0n) is 13.2. The van der Waals surface area contributed by atoms with E-state index in [0.29, 0.717) is 6.54 Å². The molecule has 1 N–H and O–H groups in total. The van der Waals surface area contributed by atoms with Crippen molar-refractivity contribution in [3.63, 3.8) is 0 Å². The third kappa shape index (κ3) is 3.51. The number of aromatic nitrogens is 2. The lowest BCUT2D eigenvalue weighted by Crippen LogP contribution is -2.27. The standard InChI is InChI=1S/C18H19N3O2/c1-13-6-7-15-11-20-21(17(15)8-13)12-18(22)19-10-14-4-3-5-16(9-14)23-2/h3-9,11H,10,12H2,1-2H3,(H,19,22). The number of rotatable bonds is 5. The molecular weight excluding hydrogens is 290 g/mol. The Kier molecular flexibility index (Phi) is 4.28. The minimum Gasteiger partial charge on any atom is -0.497 e. The molecule has 5 heteroatoms. The van der Waals surface area contributed by atoms with Crippen LogP contribution in [-0.4, -0.2) is 22.8 Å². The van der Waals surface area contributed by atoms with E-state index in [1.165, 1.54) is 0 Å². The minimum atomic E-state index is -0.0701. The molecule has 0 spiro atoms. The van der Waals surface area contributed by atoms with Crippen molar-refractivity contribution in [3.05, 3.63) is 59.8 Å². The number of benzene rings is 2. The first kappa shape index (κ1) is 15.1. The lowest BCUT2D eigenvalue weighted by molar-refractivity contribution is -0.121. The summed E-state index contributed by atoms with van der Waals surface area (Å²) < 4.78 is 6.90. The second-order valence-corrected chi connectivity index (χ2v) is 5.49. The van der Waals surface area contributed by atoms with Crippen molar-refractivity contribution in [2.45, 2.75) is 20.0 Å². The van der Waals surface area contributed by atoms with E-state index in [1.54, 1.807) is 18.0 Å². The van der Waals surface area contributed by atoms with Gasteiger partial charge in [-0.1, -0.05) is 24.3 Å². The molecule has 1 heterocycles. The number of aryl methyl sites for hydroxylation is 1. The lowest BCUT2D eigenvalue weighted by Gasteiger charge is -2.08. The number of carbonyl (C=O) groups is 1. The summed E-state index contributed by atoms with van der Waals surface area (Å²) in [5.41, 5.74) is 3.12. The monoisotopic (exact) mass is 309 g/mol. The number of nitrogens with zero attached hydrogens (tertiary/aromatic N) is 2. The highest BCUT2D eigenvalue weighted by atomic mass is 16.5. The molecule has 0 bridgehead atoms. The second kappa shape index (κ2) is 6.52. The third-order valence-corrected chi connectivity index (χ3v) is 3.72. The van der Waals surface area contributed by atoms with Crippen LogP contribution in [-0.2, 0) is 17.9 Å². The topological polar surface area (TPSA) is 56.1 Å². The Morgan fingerprint density at radius 3 is 2.96 bits per heavy atom. The van der Waals surface area contributed by atoms with Gasteiger partial charge in [-0.05, 0) is 36.2 Å². The van der Waals surface area contributed by atoms with Gasteiger partial charge in [0.15, 0.2) is 0 Å². The quantitative estimate of drug-likeness (QED) is 0.788. The van der Waals surface area contributed by atoms with Gasteiger partial charge in [-0.3, -0.25) is 9.48 Å². The fourth-order valence-electron chi connectivity index (χ4n) is 2.48. The van der Waals surface area contributed by atoms with Crippen LogP contribution in [0.5, 0.6) is 5.75 Å². The van der Waals surface area contributed by atoms with Crippen molar-refractivity contribution < 1.29 is 9.53 Å². The zero-order chi connectivity index (χ0) is 16.2. The zero-order valence-corrected chi connectivity index (χ0v) is 13.2. The molecular formula is C18H19N3O2. The van der Waals surface area contributed by atoms with Gasteiger partial charge >= 0.3 is 0 Å². The van der Waals surface area contributed by atoms with Crippen molar-refractivity contribution in [2.24, 2.45) is 0 Å². The molecule has 3 aromatic rings. The normalized spacial score (nSPS) is 10.7. The summed E-state index contributed by atoms with van der Waals surface area (Å²) in [6, 6.07) is 13.7. The van der Waals surface area contributed by atoms with Crippen LogP contribution in [0.4, 0.5) is 0 Å². The maximum absolute atomic E-state index is 12.2. The first-order valence-corrected chi connectivity index (χ1v) is 7.47. The van der Waals surface area contributed by atoms with Crippen molar-refractivity contribution >= 4 is 16.8 Å². The Morgan fingerprint density at radius 2 is 2.13 bits per heavy atom. The van der Waals surface area contributed by atoms with Crippen LogP contribution in [0, 0.1) is 6.92 Å². The molecule has 0 aliphatic rings. The van der Waals surface area contributed by atoms with Gasteiger partial charge in [0.2, 0.25) is 5.91 Å². The van der Waals surface area contributed by atoms with Gasteiger partial charge in [-0.15, -0.1) is 0 Å². The third-order valence-electron chi connectivity index (χ3n) is 3.72. The highest BCUT2D eigenvalue weighted by Gasteiger charge is 2.08. The van der Waals surface area contributed by atoms with Crippen molar-refractivity contribution in [1.82, 2.24) is 15.1 Å². The predicted octanol–water partition coefficient (Wildman–Crippen LogP) is 2.67. The predicted molar refractivity (Wildman–Crippen MR) is 89.3 cm³/mol. The molecule has 3 rings (SSSR count). The van der Waals surface area contributed by atoms with E-state index >= 15 is 0 Å². The highest BCUT2D eigenvalue weighted by molar-refractivity contribution is 5.82. The van der Waals surface area contributed by atoms with Gasteiger partial charge in [0, 0.05) is 11.9 Å². The maximum atomic E-state index is 12.2. The Bertz CT molecular complexity index is 839. The van der Waals surface area contributed by atoms with E-state index in [0.717, 1.165) is 27.8 Å². The lowest BCUT2D eigenvalue weighted by atomic mass is 10.2. The van der Waals surface area contributed by atoms with Crippen LogP contribution in [0.3, 0.4) is 0 Å². The van der Waals surface area contributed by atoms with E-state index < -0.39 is 0 Å². The fraction of sp³-hybridized carbons (Fsp3) is 0.222. The second-order valence-electron chi connectivity index (χ2n) is 5.49. The summed E-state index contributed by atoms with van der Waals surface area (Å²) in [6.45, 7) is 2.70. The van der Waals surface area contributed by atoms with Crippen LogP contribution >= 0.6 is 0 Å². The molecule has 0 saturated heterocycles. The highest BCUT2D eigenvalue weighted by Crippen LogP contribution is 2.15. The van der Waals surface area contributed by atoms with Gasteiger partial charge in [0.05, 0.1) is 18.8 Å². The van der Waals surface area contributed by atoms with Gasteiger partial charge in [0.1, 0.15) is 12.3 Å². The molecule has 0 saturated carbocycles. The first-order valence-electron chi connectivity index (χ1n) is 7.47. The number of fused-ring (bicyclic) bond motifs is 1. The van der Waals surface area contributed by atoms with E-state index in [-0.39, 0.29) is 12.5 Å². The number of hydrogen-bond acceptors (Lipinski definition) is 3. The molecule has 0 unspecified atom stereocenters. The molecule has 1 aromatic heterocycles. The average molecular weight is 309 g/mol. The molecule has 118 valence electrons. The average Bonchev–Trinajstić information content (AvgIpc) is 2.95. The van der Waals surface area contributed by atoms with Crippen molar-refractivity contribution in [1.29, 1.82) is 0 Å². The van der Waals surface area contributed by atoms with E-state index in [2.05, 4.69) is 10.4 Å². The Hall–Kier alpha value is -2.82.